The van der Waals surface area contributed by atoms with Crippen LogP contribution in [-0.2, 0) is 0 Å². The third kappa shape index (κ3) is 10.9. The number of hydrogen-bond donors (Lipinski definition) is 3. The second kappa shape index (κ2) is 15.3. The first-order valence-electron chi connectivity index (χ1n) is 12.3. The predicted octanol–water partition coefficient (Wildman–Crippen LogP) is 6.17. The molecule has 6 nitrogen and oxygen atoms in total. The van der Waals surface area contributed by atoms with Crippen molar-refractivity contribution in [1.82, 2.24) is 10.6 Å². The zero-order valence-electron chi connectivity index (χ0n) is 21.2. The lowest BCUT2D eigenvalue weighted by molar-refractivity contribution is 0.00299. The Hall–Kier alpha value is -1.62. The van der Waals surface area contributed by atoms with Gasteiger partial charge in [0.2, 0.25) is 5.76 Å². The Morgan fingerprint density at radius 1 is 1.27 bits per heavy atom. The van der Waals surface area contributed by atoms with Gasteiger partial charge in [-0.1, -0.05) is 49.0 Å². The van der Waals surface area contributed by atoms with Crippen molar-refractivity contribution in [2.45, 2.75) is 104 Å². The standard InChI is InChI=1S/C15H18BrN3O.C9H19NO.C2H6/c1-11-7-13(9-17)20-14(11)10-18-15(8-16)19-12-5-3-2-4-6-12;1-7-4-5-8(6-10-7)9(2,3)11;1-2/h7-8,10,12,19H,2-6H2,1H3;7-8,10-11H,4-6H2,1-3H3;1-2H3/b15-8-,18-10-;;. The van der Waals surface area contributed by atoms with Crippen LogP contribution in [0.4, 0.5) is 0 Å². The van der Waals surface area contributed by atoms with Gasteiger partial charge in [-0.25, -0.2) is 4.99 Å². The van der Waals surface area contributed by atoms with Crippen molar-refractivity contribution in [3.8, 4) is 6.07 Å². The number of nitriles is 1. The summed E-state index contributed by atoms with van der Waals surface area (Å²) in [6.45, 7) is 12.9. The molecule has 186 valence electrons. The van der Waals surface area contributed by atoms with Gasteiger partial charge in [0, 0.05) is 23.6 Å². The molecule has 3 rings (SSSR count). The van der Waals surface area contributed by atoms with E-state index in [1.165, 1.54) is 38.5 Å². The Balaban J connectivity index is 0.000000354. The fraction of sp³-hybridized carbons (Fsp3) is 0.692. The van der Waals surface area contributed by atoms with Gasteiger partial charge in [0.1, 0.15) is 17.7 Å². The summed E-state index contributed by atoms with van der Waals surface area (Å²) in [5.41, 5.74) is 0.407. The van der Waals surface area contributed by atoms with Crippen LogP contribution in [0.5, 0.6) is 0 Å². The van der Waals surface area contributed by atoms with Crippen LogP contribution in [0.25, 0.3) is 0 Å². The smallest absolute Gasteiger partial charge is 0.204 e. The molecule has 1 aliphatic heterocycles. The van der Waals surface area contributed by atoms with Gasteiger partial charge in [-0.05, 0) is 70.9 Å². The molecule has 0 bridgehead atoms. The summed E-state index contributed by atoms with van der Waals surface area (Å²) in [6, 6.07) is 4.83. The summed E-state index contributed by atoms with van der Waals surface area (Å²) in [6.07, 6.45) is 10.3. The number of hydrogen-bond acceptors (Lipinski definition) is 6. The van der Waals surface area contributed by atoms with E-state index in [1.807, 2.05) is 40.7 Å². The zero-order valence-corrected chi connectivity index (χ0v) is 22.8. The maximum Gasteiger partial charge on any atom is 0.204 e. The average molecular weight is 524 g/mol. The molecule has 1 aromatic heterocycles. The van der Waals surface area contributed by atoms with E-state index < -0.39 is 5.60 Å². The first kappa shape index (κ1) is 29.4. The molecule has 3 N–H and O–H groups in total. The largest absolute Gasteiger partial charge is 0.444 e. The minimum absolute atomic E-state index is 0.313. The predicted molar refractivity (Wildman–Crippen MR) is 141 cm³/mol. The van der Waals surface area contributed by atoms with Crippen LogP contribution < -0.4 is 10.6 Å². The number of nitrogens with one attached hydrogen (secondary N) is 2. The van der Waals surface area contributed by atoms with Crippen LogP contribution in [0, 0.1) is 24.2 Å². The first-order valence-corrected chi connectivity index (χ1v) is 13.2. The number of rotatable bonds is 5. The molecule has 7 heteroatoms. The van der Waals surface area contributed by atoms with E-state index in [1.54, 1.807) is 17.3 Å². The molecule has 33 heavy (non-hydrogen) atoms. The van der Waals surface area contributed by atoms with Crippen molar-refractivity contribution in [1.29, 1.82) is 5.26 Å². The van der Waals surface area contributed by atoms with E-state index in [9.17, 15) is 5.11 Å². The molecule has 2 unspecified atom stereocenters. The van der Waals surface area contributed by atoms with E-state index in [-0.39, 0.29) is 0 Å². The minimum atomic E-state index is -0.507. The van der Waals surface area contributed by atoms with Crippen LogP contribution in [-0.4, -0.2) is 35.6 Å². The van der Waals surface area contributed by atoms with Crippen molar-refractivity contribution >= 4 is 22.1 Å². The maximum atomic E-state index is 9.69. The molecule has 2 fully saturated rings. The van der Waals surface area contributed by atoms with Crippen molar-refractivity contribution in [2.24, 2.45) is 10.9 Å². The van der Waals surface area contributed by atoms with Crippen molar-refractivity contribution in [3.63, 3.8) is 0 Å². The van der Waals surface area contributed by atoms with Gasteiger partial charge < -0.3 is 20.2 Å². The van der Waals surface area contributed by atoms with Gasteiger partial charge in [0.05, 0.1) is 11.8 Å². The molecule has 0 aromatic carbocycles. The van der Waals surface area contributed by atoms with Gasteiger partial charge in [-0.2, -0.15) is 5.26 Å². The Morgan fingerprint density at radius 2 is 1.94 bits per heavy atom. The highest BCUT2D eigenvalue weighted by Crippen LogP contribution is 2.24. The molecule has 2 atom stereocenters. The Bertz CT molecular complexity index is 775. The fourth-order valence-electron chi connectivity index (χ4n) is 3.96. The summed E-state index contributed by atoms with van der Waals surface area (Å²) in [7, 11) is 0. The lowest BCUT2D eigenvalue weighted by Crippen LogP contribution is -2.45. The van der Waals surface area contributed by atoms with E-state index >= 15 is 0 Å². The quantitative estimate of drug-likeness (QED) is 0.402. The fourth-order valence-corrected chi connectivity index (χ4v) is 4.21. The average Bonchev–Trinajstić information content (AvgIpc) is 3.18. The topological polar surface area (TPSA) is 93.6 Å². The highest BCUT2D eigenvalue weighted by molar-refractivity contribution is 9.11. The second-order valence-electron chi connectivity index (χ2n) is 9.24. The third-order valence-electron chi connectivity index (χ3n) is 6.11. The normalized spacial score (nSPS) is 22.0. The Labute approximate surface area is 209 Å². The number of halogens is 1. The second-order valence-corrected chi connectivity index (χ2v) is 9.70. The summed E-state index contributed by atoms with van der Waals surface area (Å²) in [5, 5.41) is 25.3. The molecule has 0 radical (unpaired) electrons. The summed E-state index contributed by atoms with van der Waals surface area (Å²) < 4.78 is 5.37. The molecule has 1 aromatic rings. The molecule has 0 spiro atoms. The van der Waals surface area contributed by atoms with Gasteiger partial charge in [-0.3, -0.25) is 0 Å². The zero-order chi connectivity index (χ0) is 24.9. The molecular formula is C26H43BrN4O2. The van der Waals surface area contributed by atoms with Gasteiger partial charge in [0.25, 0.3) is 0 Å². The Kier molecular flexibility index (Phi) is 13.6. The van der Waals surface area contributed by atoms with E-state index in [0.717, 1.165) is 24.4 Å². The van der Waals surface area contributed by atoms with Crippen LogP contribution in [0.15, 0.2) is 26.3 Å². The van der Waals surface area contributed by atoms with E-state index in [0.29, 0.717) is 29.5 Å². The number of aliphatic hydroxyl groups is 1. The number of aryl methyl sites for hydroxylation is 1. The monoisotopic (exact) mass is 522 g/mol. The van der Waals surface area contributed by atoms with Crippen molar-refractivity contribution < 1.29 is 9.52 Å². The van der Waals surface area contributed by atoms with Gasteiger partial charge in [0.15, 0.2) is 0 Å². The lowest BCUT2D eigenvalue weighted by atomic mass is 9.83. The number of nitrogens with zero attached hydrogens (tertiary/aromatic N) is 2. The summed E-state index contributed by atoms with van der Waals surface area (Å²) in [4.78, 5) is 6.17. The molecule has 1 aliphatic carbocycles. The minimum Gasteiger partial charge on any atom is -0.444 e. The molecule has 0 amide bonds. The van der Waals surface area contributed by atoms with Crippen molar-refractivity contribution in [3.05, 3.63) is 34.0 Å². The van der Waals surface area contributed by atoms with Crippen LogP contribution in [0.1, 0.15) is 96.6 Å². The van der Waals surface area contributed by atoms with E-state index in [4.69, 9.17) is 9.68 Å². The SMILES string of the molecule is CC.CC1CCC(C(C)(C)O)CN1.Cc1cc(C#N)oc1/C=N\C(=C\Br)NC1CCCCC1. The molecule has 1 saturated carbocycles. The molecular weight excluding hydrogens is 480 g/mol. The first-order chi connectivity index (χ1) is 15.7. The van der Waals surface area contributed by atoms with E-state index in [2.05, 4.69) is 38.5 Å². The maximum absolute atomic E-state index is 9.69. The summed E-state index contributed by atoms with van der Waals surface area (Å²) >= 11 is 3.33. The lowest BCUT2D eigenvalue weighted by Gasteiger charge is -2.35. The Morgan fingerprint density at radius 3 is 2.42 bits per heavy atom. The van der Waals surface area contributed by atoms with Crippen LogP contribution >= 0.6 is 15.9 Å². The number of piperidine rings is 1. The highest BCUT2D eigenvalue weighted by Gasteiger charge is 2.29. The number of aliphatic imine (C=N–C) groups is 1. The van der Waals surface area contributed by atoms with Crippen molar-refractivity contribution in [2.75, 3.05) is 6.54 Å². The highest BCUT2D eigenvalue weighted by atomic mass is 79.9. The van der Waals surface area contributed by atoms with Crippen LogP contribution in [0.3, 0.4) is 0 Å². The molecule has 2 heterocycles. The number of furan rings is 1. The summed E-state index contributed by atoms with van der Waals surface area (Å²) in [5.74, 6) is 2.15. The van der Waals surface area contributed by atoms with Crippen LogP contribution in [0.2, 0.25) is 0 Å². The molecule has 2 aliphatic rings. The third-order valence-corrected chi connectivity index (χ3v) is 6.54. The van der Waals surface area contributed by atoms with Gasteiger partial charge in [-0.15, -0.1) is 0 Å². The molecule has 1 saturated heterocycles. The van der Waals surface area contributed by atoms with Gasteiger partial charge >= 0.3 is 0 Å².